The fourth-order valence-corrected chi connectivity index (χ4v) is 1.99. The average molecular weight is 334 g/mol. The minimum Gasteiger partial charge on any atom is -0.496 e. The van der Waals surface area contributed by atoms with Crippen molar-refractivity contribution >= 4 is 12.4 Å². The molecule has 0 aliphatic carbocycles. The van der Waals surface area contributed by atoms with E-state index in [-0.39, 0.29) is 30.3 Å². The molecule has 0 saturated heterocycles. The zero-order valence-electron chi connectivity index (χ0n) is 11.7. The molecule has 2 aromatic rings. The summed E-state index contributed by atoms with van der Waals surface area (Å²) in [6.07, 6.45) is -4.76. The molecule has 0 aliphatic heterocycles. The Bertz CT molecular complexity index is 632. The van der Waals surface area contributed by atoms with Crippen LogP contribution >= 0.6 is 12.4 Å². The number of methoxy groups -OCH3 is 1. The smallest absolute Gasteiger partial charge is 0.496 e. The van der Waals surface area contributed by atoms with Gasteiger partial charge in [-0.2, -0.15) is 0 Å². The second kappa shape index (κ2) is 7.38. The number of benzene rings is 2. The van der Waals surface area contributed by atoms with E-state index in [0.717, 1.165) is 0 Å². The van der Waals surface area contributed by atoms with Crippen LogP contribution in [0.15, 0.2) is 42.5 Å². The number of nitrogens with two attached hydrogens (primary N) is 1. The maximum absolute atomic E-state index is 12.4. The molecule has 22 heavy (non-hydrogen) atoms. The van der Waals surface area contributed by atoms with Crippen LogP contribution in [0.25, 0.3) is 11.1 Å². The molecule has 0 saturated carbocycles. The van der Waals surface area contributed by atoms with Crippen molar-refractivity contribution in [2.45, 2.75) is 12.9 Å². The zero-order chi connectivity index (χ0) is 15.5. The first-order valence-corrected chi connectivity index (χ1v) is 6.16. The largest absolute Gasteiger partial charge is 0.573 e. The second-order valence-corrected chi connectivity index (χ2v) is 4.27. The summed E-state index contributed by atoms with van der Waals surface area (Å²) < 4.78 is 46.6. The maximum atomic E-state index is 12.4. The SMILES string of the molecule is COc1ccccc1-c1ccc(CN)c(OC(F)(F)F)c1.Cl. The van der Waals surface area contributed by atoms with E-state index in [0.29, 0.717) is 16.9 Å². The van der Waals surface area contributed by atoms with Gasteiger partial charge >= 0.3 is 6.36 Å². The van der Waals surface area contributed by atoms with Crippen LogP contribution in [0.1, 0.15) is 5.56 Å². The highest BCUT2D eigenvalue weighted by Crippen LogP contribution is 2.35. The van der Waals surface area contributed by atoms with Gasteiger partial charge in [0.15, 0.2) is 0 Å². The fraction of sp³-hybridized carbons (Fsp3) is 0.200. The molecule has 2 aromatic carbocycles. The summed E-state index contributed by atoms with van der Waals surface area (Å²) in [6.45, 7) is -0.0440. The van der Waals surface area contributed by atoms with Gasteiger partial charge in [-0.3, -0.25) is 0 Å². The van der Waals surface area contributed by atoms with Gasteiger partial charge in [0.05, 0.1) is 7.11 Å². The number of alkyl halides is 3. The van der Waals surface area contributed by atoms with Crippen molar-refractivity contribution in [3.8, 4) is 22.6 Å². The standard InChI is InChI=1S/C15H14F3NO2.ClH/c1-20-13-5-3-2-4-12(13)10-6-7-11(9-19)14(8-10)21-15(16,17)18;/h2-8H,9,19H2,1H3;1H. The minimum atomic E-state index is -4.76. The Hall–Kier alpha value is -1.92. The summed E-state index contributed by atoms with van der Waals surface area (Å²) in [5, 5.41) is 0. The van der Waals surface area contributed by atoms with E-state index < -0.39 is 6.36 Å². The molecule has 0 aromatic heterocycles. The van der Waals surface area contributed by atoms with Gasteiger partial charge in [-0.15, -0.1) is 25.6 Å². The van der Waals surface area contributed by atoms with E-state index in [1.807, 2.05) is 0 Å². The highest BCUT2D eigenvalue weighted by Gasteiger charge is 2.32. The van der Waals surface area contributed by atoms with Crippen LogP contribution in [0.2, 0.25) is 0 Å². The molecule has 0 amide bonds. The van der Waals surface area contributed by atoms with E-state index >= 15 is 0 Å². The molecule has 0 radical (unpaired) electrons. The molecule has 7 heteroatoms. The van der Waals surface area contributed by atoms with Crippen molar-refractivity contribution in [2.75, 3.05) is 7.11 Å². The Balaban J connectivity index is 0.00000242. The van der Waals surface area contributed by atoms with Gasteiger partial charge < -0.3 is 15.2 Å². The molecule has 0 bridgehead atoms. The molecule has 0 fully saturated rings. The summed E-state index contributed by atoms with van der Waals surface area (Å²) in [5.74, 6) is 0.268. The quantitative estimate of drug-likeness (QED) is 0.914. The molecule has 0 atom stereocenters. The summed E-state index contributed by atoms with van der Waals surface area (Å²) in [6, 6.07) is 11.6. The van der Waals surface area contributed by atoms with Gasteiger partial charge in [-0.25, -0.2) is 0 Å². The third kappa shape index (κ3) is 4.29. The monoisotopic (exact) mass is 333 g/mol. The number of hydrogen-bond donors (Lipinski definition) is 1. The predicted octanol–water partition coefficient (Wildman–Crippen LogP) is 4.14. The number of ether oxygens (including phenoxy) is 2. The average Bonchev–Trinajstić information content (AvgIpc) is 2.45. The number of halogens is 4. The van der Waals surface area contributed by atoms with Crippen LogP contribution in [0.5, 0.6) is 11.5 Å². The van der Waals surface area contributed by atoms with Crippen molar-refractivity contribution < 1.29 is 22.6 Å². The van der Waals surface area contributed by atoms with Gasteiger partial charge in [-0.05, 0) is 17.7 Å². The Morgan fingerprint density at radius 1 is 1.05 bits per heavy atom. The third-order valence-electron chi connectivity index (χ3n) is 2.93. The van der Waals surface area contributed by atoms with Gasteiger partial charge in [0, 0.05) is 17.7 Å². The summed E-state index contributed by atoms with van der Waals surface area (Å²) in [4.78, 5) is 0. The molecule has 0 spiro atoms. The van der Waals surface area contributed by atoms with Crippen LogP contribution in [-0.2, 0) is 6.54 Å². The van der Waals surface area contributed by atoms with Gasteiger partial charge in [0.2, 0.25) is 0 Å². The Kier molecular flexibility index (Phi) is 6.08. The van der Waals surface area contributed by atoms with Crippen molar-refractivity contribution in [3.63, 3.8) is 0 Å². The zero-order valence-corrected chi connectivity index (χ0v) is 12.5. The lowest BCUT2D eigenvalue weighted by Crippen LogP contribution is -2.18. The molecule has 0 unspecified atom stereocenters. The van der Waals surface area contributed by atoms with Gasteiger partial charge in [0.1, 0.15) is 11.5 Å². The lowest BCUT2D eigenvalue weighted by atomic mass is 10.0. The van der Waals surface area contributed by atoms with Crippen LogP contribution < -0.4 is 15.2 Å². The van der Waals surface area contributed by atoms with Crippen molar-refractivity contribution in [3.05, 3.63) is 48.0 Å². The van der Waals surface area contributed by atoms with Crippen LogP contribution in [0.4, 0.5) is 13.2 Å². The number of para-hydroxylation sites is 1. The predicted molar refractivity (Wildman–Crippen MR) is 80.3 cm³/mol. The Morgan fingerprint density at radius 3 is 2.32 bits per heavy atom. The highest BCUT2D eigenvalue weighted by molar-refractivity contribution is 5.85. The molecule has 2 rings (SSSR count). The van der Waals surface area contributed by atoms with E-state index in [4.69, 9.17) is 10.5 Å². The highest BCUT2D eigenvalue weighted by atomic mass is 35.5. The van der Waals surface area contributed by atoms with Crippen LogP contribution in [0, 0.1) is 0 Å². The third-order valence-corrected chi connectivity index (χ3v) is 2.93. The molecular weight excluding hydrogens is 319 g/mol. The molecule has 2 N–H and O–H groups in total. The van der Waals surface area contributed by atoms with E-state index in [1.165, 1.54) is 19.2 Å². The lowest BCUT2D eigenvalue weighted by molar-refractivity contribution is -0.274. The summed E-state index contributed by atoms with van der Waals surface area (Å²) in [5.41, 5.74) is 6.96. The number of hydrogen-bond acceptors (Lipinski definition) is 3. The minimum absolute atomic E-state index is 0. The van der Waals surface area contributed by atoms with E-state index in [2.05, 4.69) is 4.74 Å². The molecular formula is C15H15ClF3NO2. The van der Waals surface area contributed by atoms with Crippen molar-refractivity contribution in [2.24, 2.45) is 5.73 Å². The maximum Gasteiger partial charge on any atom is 0.573 e. The normalized spacial score (nSPS) is 10.8. The molecule has 3 nitrogen and oxygen atoms in total. The van der Waals surface area contributed by atoms with Crippen molar-refractivity contribution in [1.82, 2.24) is 0 Å². The molecule has 0 heterocycles. The van der Waals surface area contributed by atoms with Crippen LogP contribution in [0.3, 0.4) is 0 Å². The Morgan fingerprint density at radius 2 is 1.73 bits per heavy atom. The first-order valence-electron chi connectivity index (χ1n) is 6.16. The second-order valence-electron chi connectivity index (χ2n) is 4.27. The van der Waals surface area contributed by atoms with Crippen molar-refractivity contribution in [1.29, 1.82) is 0 Å². The molecule has 0 aliphatic rings. The Labute approximate surface area is 132 Å². The number of rotatable bonds is 4. The van der Waals surface area contributed by atoms with E-state index in [1.54, 1.807) is 30.3 Å². The van der Waals surface area contributed by atoms with Gasteiger partial charge in [-0.1, -0.05) is 30.3 Å². The van der Waals surface area contributed by atoms with Gasteiger partial charge in [0.25, 0.3) is 0 Å². The topological polar surface area (TPSA) is 44.5 Å². The lowest BCUT2D eigenvalue weighted by Gasteiger charge is -2.15. The fourth-order valence-electron chi connectivity index (χ4n) is 1.99. The molecule has 120 valence electrons. The van der Waals surface area contributed by atoms with Crippen LogP contribution in [-0.4, -0.2) is 13.5 Å². The summed E-state index contributed by atoms with van der Waals surface area (Å²) >= 11 is 0. The van der Waals surface area contributed by atoms with E-state index in [9.17, 15) is 13.2 Å². The first kappa shape index (κ1) is 18.1. The first-order chi connectivity index (χ1) is 9.94. The summed E-state index contributed by atoms with van der Waals surface area (Å²) in [7, 11) is 1.50.